The monoisotopic (exact) mass is 446 g/mol. The lowest BCUT2D eigenvalue weighted by Crippen LogP contribution is -2.28. The van der Waals surface area contributed by atoms with Crippen LogP contribution in [0, 0.1) is 11.7 Å². The molecule has 0 saturated carbocycles. The summed E-state index contributed by atoms with van der Waals surface area (Å²) < 4.78 is 23.8. The number of amides is 2. The molecule has 2 aromatic carbocycles. The predicted molar refractivity (Wildman–Crippen MR) is 117 cm³/mol. The summed E-state index contributed by atoms with van der Waals surface area (Å²) in [6.07, 6.45) is 1.93. The number of carbonyl (C=O) groups excluding carboxylic acids is 2. The van der Waals surface area contributed by atoms with Gasteiger partial charge in [-0.2, -0.15) is 4.98 Å². The second-order valence-corrected chi connectivity index (χ2v) is 7.69. The Morgan fingerprint density at radius 3 is 2.73 bits per heavy atom. The Labute approximate surface area is 188 Å². The van der Waals surface area contributed by atoms with E-state index in [9.17, 15) is 14.0 Å². The Morgan fingerprint density at radius 1 is 1.12 bits per heavy atom. The van der Waals surface area contributed by atoms with Gasteiger partial charge in [0.05, 0.1) is 18.6 Å². The molecule has 5 rings (SSSR count). The van der Waals surface area contributed by atoms with Gasteiger partial charge in [-0.05, 0) is 48.0 Å². The van der Waals surface area contributed by atoms with Crippen LogP contribution in [-0.2, 0) is 16.0 Å². The molecule has 4 aromatic rings. The largest absolute Gasteiger partial charge is 0.461 e. The van der Waals surface area contributed by atoms with E-state index in [2.05, 4.69) is 15.5 Å². The highest BCUT2D eigenvalue weighted by molar-refractivity contribution is 6.03. The highest BCUT2D eigenvalue weighted by atomic mass is 19.1. The third-order valence-corrected chi connectivity index (χ3v) is 5.46. The van der Waals surface area contributed by atoms with Crippen LogP contribution in [0.2, 0.25) is 0 Å². The van der Waals surface area contributed by atoms with E-state index in [0.29, 0.717) is 35.3 Å². The van der Waals surface area contributed by atoms with Gasteiger partial charge in [-0.3, -0.25) is 9.59 Å². The molecule has 1 N–H and O–H groups in total. The van der Waals surface area contributed by atoms with Crippen molar-refractivity contribution >= 4 is 23.2 Å². The molecule has 0 radical (unpaired) electrons. The Morgan fingerprint density at radius 2 is 1.94 bits per heavy atom. The van der Waals surface area contributed by atoms with Gasteiger partial charge in [-0.15, -0.1) is 0 Å². The van der Waals surface area contributed by atoms with Crippen molar-refractivity contribution in [2.45, 2.75) is 12.8 Å². The minimum Gasteiger partial charge on any atom is -0.461 e. The first-order chi connectivity index (χ1) is 16.1. The fourth-order valence-electron chi connectivity index (χ4n) is 3.78. The zero-order chi connectivity index (χ0) is 22.8. The van der Waals surface area contributed by atoms with E-state index >= 15 is 0 Å². The van der Waals surface area contributed by atoms with E-state index in [1.54, 1.807) is 18.2 Å². The molecule has 1 fully saturated rings. The lowest BCUT2D eigenvalue weighted by Gasteiger charge is -2.17. The third kappa shape index (κ3) is 4.38. The zero-order valence-electron chi connectivity index (χ0n) is 17.4. The predicted octanol–water partition coefficient (Wildman–Crippen LogP) is 4.05. The maximum atomic E-state index is 13.2. The normalized spacial score (nSPS) is 15.7. The maximum absolute atomic E-state index is 13.2. The average molecular weight is 446 g/mol. The molecule has 166 valence electrons. The number of anilines is 2. The third-order valence-electron chi connectivity index (χ3n) is 5.46. The van der Waals surface area contributed by atoms with Gasteiger partial charge >= 0.3 is 0 Å². The number of nitrogens with zero attached hydrogens (tertiary/aromatic N) is 3. The quantitative estimate of drug-likeness (QED) is 0.480. The van der Waals surface area contributed by atoms with Crippen LogP contribution in [0.3, 0.4) is 0 Å². The van der Waals surface area contributed by atoms with Gasteiger partial charge in [-0.25, -0.2) is 4.39 Å². The van der Waals surface area contributed by atoms with E-state index in [0.717, 1.165) is 5.56 Å². The maximum Gasteiger partial charge on any atom is 0.238 e. The van der Waals surface area contributed by atoms with E-state index in [1.165, 1.54) is 35.4 Å². The van der Waals surface area contributed by atoms with Gasteiger partial charge in [0.15, 0.2) is 5.76 Å². The molecule has 1 aliphatic heterocycles. The SMILES string of the molecule is O=C(Nc1ccccc1Cc1nc(-c2ccco2)no1)[C@H]1CC(=O)N(c2ccc(F)cc2)C1. The van der Waals surface area contributed by atoms with Crippen molar-refractivity contribution < 1.29 is 22.9 Å². The number of para-hydroxylation sites is 1. The number of rotatable bonds is 6. The minimum atomic E-state index is -0.524. The summed E-state index contributed by atoms with van der Waals surface area (Å²) in [5.74, 6) is -0.112. The molecule has 0 spiro atoms. The number of hydrogen-bond acceptors (Lipinski definition) is 6. The van der Waals surface area contributed by atoms with Crippen molar-refractivity contribution in [3.8, 4) is 11.6 Å². The highest BCUT2D eigenvalue weighted by Gasteiger charge is 2.35. The van der Waals surface area contributed by atoms with Crippen molar-refractivity contribution in [2.24, 2.45) is 5.92 Å². The molecule has 0 bridgehead atoms. The lowest BCUT2D eigenvalue weighted by molar-refractivity contribution is -0.122. The molecule has 2 aromatic heterocycles. The standard InChI is InChI=1S/C24H19FN4O4/c25-17-7-9-18(10-8-17)29-14-16(13-22(29)30)24(31)26-19-5-2-1-4-15(19)12-21-27-23(28-33-21)20-6-3-11-32-20/h1-11,16H,12-14H2,(H,26,31)/t16-/m0/s1. The van der Waals surface area contributed by atoms with Crippen LogP contribution >= 0.6 is 0 Å². The van der Waals surface area contributed by atoms with Gasteiger partial charge in [0.2, 0.25) is 23.5 Å². The number of hydrogen-bond donors (Lipinski definition) is 1. The van der Waals surface area contributed by atoms with Crippen molar-refractivity contribution in [3.05, 3.63) is 84.2 Å². The number of benzene rings is 2. The van der Waals surface area contributed by atoms with E-state index in [4.69, 9.17) is 8.94 Å². The molecule has 8 nitrogen and oxygen atoms in total. The average Bonchev–Trinajstić information content (AvgIpc) is 3.57. The molecule has 33 heavy (non-hydrogen) atoms. The first-order valence-electron chi connectivity index (χ1n) is 10.4. The van der Waals surface area contributed by atoms with Gasteiger partial charge < -0.3 is 19.2 Å². The van der Waals surface area contributed by atoms with E-state index < -0.39 is 5.92 Å². The molecule has 2 amide bonds. The fraction of sp³-hybridized carbons (Fsp3) is 0.167. The molecule has 1 atom stereocenters. The lowest BCUT2D eigenvalue weighted by atomic mass is 10.1. The van der Waals surface area contributed by atoms with Crippen LogP contribution in [0.1, 0.15) is 17.9 Å². The number of nitrogens with one attached hydrogen (secondary N) is 1. The summed E-state index contributed by atoms with van der Waals surface area (Å²) in [5.41, 5.74) is 1.97. The van der Waals surface area contributed by atoms with Crippen LogP contribution in [0.5, 0.6) is 0 Å². The molecule has 9 heteroatoms. The summed E-state index contributed by atoms with van der Waals surface area (Å²) in [5, 5.41) is 6.85. The van der Waals surface area contributed by atoms with E-state index in [-0.39, 0.29) is 30.6 Å². The number of carbonyl (C=O) groups is 2. The highest BCUT2D eigenvalue weighted by Crippen LogP contribution is 2.27. The molecular formula is C24H19FN4O4. The smallest absolute Gasteiger partial charge is 0.238 e. The Bertz CT molecular complexity index is 1280. The van der Waals surface area contributed by atoms with Gasteiger partial charge in [-0.1, -0.05) is 23.4 Å². The Hall–Kier alpha value is -4.27. The van der Waals surface area contributed by atoms with E-state index in [1.807, 2.05) is 18.2 Å². The van der Waals surface area contributed by atoms with Crippen LogP contribution in [0.4, 0.5) is 15.8 Å². The van der Waals surface area contributed by atoms with Crippen LogP contribution in [0.15, 0.2) is 75.9 Å². The first kappa shape index (κ1) is 20.6. The molecule has 0 unspecified atom stereocenters. The minimum absolute atomic E-state index is 0.0849. The van der Waals surface area contributed by atoms with Crippen molar-refractivity contribution in [3.63, 3.8) is 0 Å². The summed E-state index contributed by atoms with van der Waals surface area (Å²) in [6, 6.07) is 16.4. The van der Waals surface area contributed by atoms with Crippen molar-refractivity contribution in [1.29, 1.82) is 0 Å². The first-order valence-corrected chi connectivity index (χ1v) is 10.4. The number of halogens is 1. The van der Waals surface area contributed by atoms with Crippen molar-refractivity contribution in [1.82, 2.24) is 10.1 Å². The van der Waals surface area contributed by atoms with Crippen LogP contribution in [-0.4, -0.2) is 28.5 Å². The summed E-state index contributed by atoms with van der Waals surface area (Å²) in [4.78, 5) is 31.2. The second-order valence-electron chi connectivity index (χ2n) is 7.69. The van der Waals surface area contributed by atoms with Gasteiger partial charge in [0.1, 0.15) is 5.82 Å². The topological polar surface area (TPSA) is 101 Å². The number of aromatic nitrogens is 2. The molecule has 1 saturated heterocycles. The Balaban J connectivity index is 1.28. The molecular weight excluding hydrogens is 427 g/mol. The fourth-order valence-corrected chi connectivity index (χ4v) is 3.78. The summed E-state index contributed by atoms with van der Waals surface area (Å²) in [7, 11) is 0. The summed E-state index contributed by atoms with van der Waals surface area (Å²) >= 11 is 0. The Kier molecular flexibility index (Phi) is 5.43. The summed E-state index contributed by atoms with van der Waals surface area (Å²) in [6.45, 7) is 0.231. The van der Waals surface area contributed by atoms with Crippen molar-refractivity contribution in [2.75, 3.05) is 16.8 Å². The van der Waals surface area contributed by atoms with Gasteiger partial charge in [0.25, 0.3) is 0 Å². The zero-order valence-corrected chi connectivity index (χ0v) is 17.4. The molecule has 1 aliphatic rings. The van der Waals surface area contributed by atoms with Crippen LogP contribution in [0.25, 0.3) is 11.6 Å². The second kappa shape index (κ2) is 8.70. The molecule has 0 aliphatic carbocycles. The number of furan rings is 1. The molecule has 3 heterocycles. The van der Waals surface area contributed by atoms with Crippen LogP contribution < -0.4 is 10.2 Å². The van der Waals surface area contributed by atoms with Gasteiger partial charge in [0, 0.05) is 24.3 Å².